The van der Waals surface area contributed by atoms with Gasteiger partial charge in [-0.05, 0) is 55.9 Å². The molecule has 0 amide bonds. The first-order chi connectivity index (χ1) is 10.1. The predicted molar refractivity (Wildman–Crippen MR) is 79.4 cm³/mol. The quantitative estimate of drug-likeness (QED) is 0.879. The summed E-state index contributed by atoms with van der Waals surface area (Å²) in [6.45, 7) is 1.98. The highest BCUT2D eigenvalue weighted by molar-refractivity contribution is 5.85. The molecule has 0 atom stereocenters. The van der Waals surface area contributed by atoms with Gasteiger partial charge in [-0.15, -0.1) is 0 Å². The lowest BCUT2D eigenvalue weighted by Crippen LogP contribution is -2.09. The molecule has 21 heavy (non-hydrogen) atoms. The van der Waals surface area contributed by atoms with E-state index in [9.17, 15) is 4.79 Å². The number of aromatic nitrogens is 3. The Morgan fingerprint density at radius 2 is 2.14 bits per heavy atom. The number of imidazole rings is 1. The van der Waals surface area contributed by atoms with E-state index in [-0.39, 0.29) is 0 Å². The van der Waals surface area contributed by atoms with Crippen molar-refractivity contribution in [3.05, 3.63) is 47.2 Å². The number of hydrogen-bond acceptors (Lipinski definition) is 3. The molecule has 1 aliphatic carbocycles. The van der Waals surface area contributed by atoms with Gasteiger partial charge < -0.3 is 5.11 Å². The third-order valence-corrected chi connectivity index (χ3v) is 3.75. The van der Waals surface area contributed by atoms with E-state index in [1.165, 1.54) is 24.2 Å². The largest absolute Gasteiger partial charge is 0.478 e. The highest BCUT2D eigenvalue weighted by atomic mass is 16.4. The van der Waals surface area contributed by atoms with Crippen LogP contribution in [0.4, 0.5) is 0 Å². The van der Waals surface area contributed by atoms with Crippen molar-refractivity contribution in [2.45, 2.75) is 32.6 Å². The van der Waals surface area contributed by atoms with Gasteiger partial charge in [0.05, 0.1) is 5.69 Å². The van der Waals surface area contributed by atoms with Crippen molar-refractivity contribution in [1.82, 2.24) is 14.5 Å². The first-order valence-corrected chi connectivity index (χ1v) is 7.08. The number of fused-ring (bicyclic) bond motifs is 1. The summed E-state index contributed by atoms with van der Waals surface area (Å²) in [5, 5.41) is 8.66. The van der Waals surface area contributed by atoms with Gasteiger partial charge in [0.2, 0.25) is 0 Å². The molecule has 3 rings (SSSR count). The maximum atomic E-state index is 10.6. The van der Waals surface area contributed by atoms with E-state index in [2.05, 4.69) is 14.5 Å². The van der Waals surface area contributed by atoms with Crippen LogP contribution in [0.5, 0.6) is 0 Å². The molecule has 108 valence electrons. The van der Waals surface area contributed by atoms with Crippen molar-refractivity contribution in [3.63, 3.8) is 0 Å². The number of aliphatic carboxylic acids is 1. The third-order valence-electron chi connectivity index (χ3n) is 3.75. The van der Waals surface area contributed by atoms with Crippen LogP contribution in [0.15, 0.2) is 24.7 Å². The molecule has 5 nitrogen and oxygen atoms in total. The minimum absolute atomic E-state index is 0.785. The molecular formula is C16H17N3O2. The molecule has 0 saturated heterocycles. The van der Waals surface area contributed by atoms with Crippen molar-refractivity contribution in [1.29, 1.82) is 0 Å². The second kappa shape index (κ2) is 5.52. The Morgan fingerprint density at radius 3 is 2.90 bits per heavy atom. The molecule has 5 heteroatoms. The van der Waals surface area contributed by atoms with Gasteiger partial charge in [-0.2, -0.15) is 0 Å². The van der Waals surface area contributed by atoms with E-state index in [4.69, 9.17) is 5.11 Å². The lowest BCUT2D eigenvalue weighted by Gasteiger charge is -2.15. The fraction of sp³-hybridized carbons (Fsp3) is 0.312. The number of aryl methyl sites for hydroxylation is 2. The highest BCUT2D eigenvalue weighted by Crippen LogP contribution is 2.24. The van der Waals surface area contributed by atoms with Crippen LogP contribution in [0.2, 0.25) is 0 Å². The molecule has 0 spiro atoms. The molecule has 2 aromatic rings. The van der Waals surface area contributed by atoms with Crippen LogP contribution in [-0.2, 0) is 17.6 Å². The minimum atomic E-state index is -0.958. The van der Waals surface area contributed by atoms with Crippen molar-refractivity contribution in [2.75, 3.05) is 0 Å². The van der Waals surface area contributed by atoms with Gasteiger partial charge in [-0.3, -0.25) is 4.57 Å². The topological polar surface area (TPSA) is 68.0 Å². The monoisotopic (exact) mass is 283 g/mol. The maximum Gasteiger partial charge on any atom is 0.328 e. The van der Waals surface area contributed by atoms with E-state index in [0.717, 1.165) is 35.9 Å². The summed E-state index contributed by atoms with van der Waals surface area (Å²) < 4.78 is 2.06. The number of carboxylic acids is 1. The second-order valence-corrected chi connectivity index (χ2v) is 5.30. The second-order valence-electron chi connectivity index (χ2n) is 5.30. The average molecular weight is 283 g/mol. The zero-order valence-electron chi connectivity index (χ0n) is 11.9. The lowest BCUT2D eigenvalue weighted by molar-refractivity contribution is -0.131. The van der Waals surface area contributed by atoms with E-state index in [1.54, 1.807) is 12.3 Å². The number of carbonyl (C=O) groups is 1. The fourth-order valence-electron chi connectivity index (χ4n) is 2.75. The zero-order valence-corrected chi connectivity index (χ0v) is 11.9. The van der Waals surface area contributed by atoms with Crippen LogP contribution < -0.4 is 0 Å². The van der Waals surface area contributed by atoms with Crippen molar-refractivity contribution in [3.8, 4) is 5.82 Å². The van der Waals surface area contributed by atoms with Crippen LogP contribution in [0.25, 0.3) is 11.9 Å². The molecular weight excluding hydrogens is 266 g/mol. The summed E-state index contributed by atoms with van der Waals surface area (Å²) in [6, 6.07) is 1.94. The summed E-state index contributed by atoms with van der Waals surface area (Å²) in [7, 11) is 0. The van der Waals surface area contributed by atoms with E-state index in [0.29, 0.717) is 0 Å². The lowest BCUT2D eigenvalue weighted by atomic mass is 10.0. The van der Waals surface area contributed by atoms with Crippen LogP contribution in [0.1, 0.15) is 35.4 Å². The SMILES string of the molecule is Cc1cc(/C=C/C(=O)O)cnc1-n1cnc2c1CCCC2. The standard InChI is InChI=1S/C16H17N3O2/c1-11-8-12(6-7-15(20)21)9-17-16(11)19-10-18-13-4-2-3-5-14(13)19/h6-10H,2-5H2,1H3,(H,20,21)/b7-6+. The summed E-state index contributed by atoms with van der Waals surface area (Å²) >= 11 is 0. The van der Waals surface area contributed by atoms with Gasteiger partial charge in [0, 0.05) is 18.0 Å². The first kappa shape index (κ1) is 13.5. The van der Waals surface area contributed by atoms with Gasteiger partial charge >= 0.3 is 5.97 Å². The number of hydrogen-bond donors (Lipinski definition) is 1. The average Bonchev–Trinajstić information content (AvgIpc) is 2.89. The van der Waals surface area contributed by atoms with E-state index in [1.807, 2.05) is 19.3 Å². The van der Waals surface area contributed by atoms with Crippen LogP contribution in [0, 0.1) is 6.92 Å². The summed E-state index contributed by atoms with van der Waals surface area (Å²) in [4.78, 5) is 19.5. The predicted octanol–water partition coefficient (Wildman–Crippen LogP) is 2.55. The summed E-state index contributed by atoms with van der Waals surface area (Å²) in [5.41, 5.74) is 4.23. The van der Waals surface area contributed by atoms with Crippen molar-refractivity contribution in [2.24, 2.45) is 0 Å². The van der Waals surface area contributed by atoms with Gasteiger partial charge in [-0.25, -0.2) is 14.8 Å². The molecule has 0 bridgehead atoms. The van der Waals surface area contributed by atoms with Gasteiger partial charge in [0.15, 0.2) is 0 Å². The van der Waals surface area contributed by atoms with Gasteiger partial charge in [0.25, 0.3) is 0 Å². The van der Waals surface area contributed by atoms with Crippen molar-refractivity contribution < 1.29 is 9.90 Å². The molecule has 0 fully saturated rings. The first-order valence-electron chi connectivity index (χ1n) is 7.08. The molecule has 0 aromatic carbocycles. The van der Waals surface area contributed by atoms with Crippen LogP contribution >= 0.6 is 0 Å². The zero-order chi connectivity index (χ0) is 14.8. The van der Waals surface area contributed by atoms with Crippen molar-refractivity contribution >= 4 is 12.0 Å². The number of rotatable bonds is 3. The highest BCUT2D eigenvalue weighted by Gasteiger charge is 2.17. The van der Waals surface area contributed by atoms with Gasteiger partial charge in [0.1, 0.15) is 12.1 Å². The van der Waals surface area contributed by atoms with Crippen LogP contribution in [-0.4, -0.2) is 25.6 Å². The van der Waals surface area contributed by atoms with E-state index < -0.39 is 5.97 Å². The number of carboxylic acid groups (broad SMARTS) is 1. The molecule has 1 aliphatic rings. The third kappa shape index (κ3) is 2.72. The Bertz CT molecular complexity index is 716. The number of pyridine rings is 1. The summed E-state index contributed by atoms with van der Waals surface area (Å²) in [5.74, 6) is -0.0847. The molecule has 0 unspecified atom stereocenters. The smallest absolute Gasteiger partial charge is 0.328 e. The molecule has 0 radical (unpaired) electrons. The summed E-state index contributed by atoms with van der Waals surface area (Å²) in [6.07, 6.45) is 10.7. The molecule has 1 N–H and O–H groups in total. The Morgan fingerprint density at radius 1 is 1.33 bits per heavy atom. The normalized spacial score (nSPS) is 14.3. The van der Waals surface area contributed by atoms with E-state index >= 15 is 0 Å². The Balaban J connectivity index is 1.96. The Labute approximate surface area is 123 Å². The minimum Gasteiger partial charge on any atom is -0.478 e. The van der Waals surface area contributed by atoms with Gasteiger partial charge in [-0.1, -0.05) is 0 Å². The molecule has 2 heterocycles. The molecule has 0 aliphatic heterocycles. The maximum absolute atomic E-state index is 10.6. The number of nitrogens with zero attached hydrogens (tertiary/aromatic N) is 3. The Hall–Kier alpha value is -2.43. The molecule has 0 saturated carbocycles. The fourth-order valence-corrected chi connectivity index (χ4v) is 2.75. The molecule has 2 aromatic heterocycles. The van der Waals surface area contributed by atoms with Crippen LogP contribution in [0.3, 0.4) is 0 Å². The Kier molecular flexibility index (Phi) is 3.56.